The van der Waals surface area contributed by atoms with E-state index >= 15 is 0 Å². The van der Waals surface area contributed by atoms with Gasteiger partial charge in [0.05, 0.1) is 6.61 Å². The number of carbonyl (C=O) groups excluding carboxylic acids is 1. The van der Waals surface area contributed by atoms with E-state index in [4.69, 9.17) is 0 Å². The number of nitrogens with one attached hydrogen (secondary N) is 1. The number of anilines is 1. The summed E-state index contributed by atoms with van der Waals surface area (Å²) in [5.41, 5.74) is 1.02. The molecule has 5 heteroatoms. The van der Waals surface area contributed by atoms with Crippen LogP contribution in [0.2, 0.25) is 0 Å². The first-order valence-corrected chi connectivity index (χ1v) is 5.46. The molecule has 0 aliphatic rings. The normalized spacial score (nSPS) is 8.81. The highest BCUT2D eigenvalue weighted by molar-refractivity contribution is 6.15. The molecular weight excluding hydrogens is 233 g/mol. The third kappa shape index (κ3) is 4.98. The van der Waals surface area contributed by atoms with E-state index in [1.165, 1.54) is 18.5 Å². The van der Waals surface area contributed by atoms with Crippen molar-refractivity contribution in [1.29, 1.82) is 0 Å². The van der Waals surface area contributed by atoms with Crippen LogP contribution in [0.1, 0.15) is 12.5 Å². The van der Waals surface area contributed by atoms with Crippen LogP contribution >= 0.6 is 11.6 Å². The van der Waals surface area contributed by atoms with Crippen LogP contribution in [0.25, 0.3) is 0 Å². The lowest BCUT2D eigenvalue weighted by Gasteiger charge is -2.05. The molecule has 1 N–H and O–H groups in total. The van der Waals surface area contributed by atoms with Crippen molar-refractivity contribution in [2.75, 3.05) is 18.3 Å². The second-order valence-corrected chi connectivity index (χ2v) is 2.81. The van der Waals surface area contributed by atoms with E-state index in [1.54, 1.807) is 19.9 Å². The minimum Gasteiger partial charge on any atom is -0.450 e. The highest BCUT2D eigenvalue weighted by atomic mass is 35.5. The summed E-state index contributed by atoms with van der Waals surface area (Å²) in [5.74, 6) is -0.292. The van der Waals surface area contributed by atoms with Gasteiger partial charge < -0.3 is 4.74 Å². The fourth-order valence-electron chi connectivity index (χ4n) is 1.01. The monoisotopic (exact) mass is 247 g/mol. The number of aryl methyl sites for hydroxylation is 1. The number of carbonyl (C=O) groups is 1. The largest absolute Gasteiger partial charge is 0.450 e. The Bertz CT molecular complexity index is 345. The Morgan fingerprint density at radius 3 is 2.62 bits per heavy atom. The first-order valence-electron chi connectivity index (χ1n) is 4.71. The lowest BCUT2D eigenvalue weighted by atomic mass is 10.2. The highest BCUT2D eigenvalue weighted by Gasteiger charge is 2.03. The molecule has 1 amide bonds. The summed E-state index contributed by atoms with van der Waals surface area (Å²) >= 11 is 4.64. The third-order valence-corrected chi connectivity index (χ3v) is 1.68. The van der Waals surface area contributed by atoms with Gasteiger partial charge in [-0.05, 0) is 37.6 Å². The minimum atomic E-state index is -0.529. The molecule has 3 nitrogen and oxygen atoms in total. The maximum Gasteiger partial charge on any atom is 0.411 e. The van der Waals surface area contributed by atoms with Crippen molar-refractivity contribution in [1.82, 2.24) is 0 Å². The van der Waals surface area contributed by atoms with Crippen molar-refractivity contribution in [3.63, 3.8) is 0 Å². The second-order valence-electron chi connectivity index (χ2n) is 2.81. The molecule has 0 heterocycles. The molecule has 1 aromatic carbocycles. The minimum absolute atomic E-state index is 0.292. The molecule has 1 rings (SSSR count). The smallest absolute Gasteiger partial charge is 0.411 e. The number of benzene rings is 1. The van der Waals surface area contributed by atoms with Crippen LogP contribution in [0.5, 0.6) is 0 Å². The van der Waals surface area contributed by atoms with E-state index < -0.39 is 6.09 Å². The quantitative estimate of drug-likeness (QED) is 0.812. The van der Waals surface area contributed by atoms with Crippen molar-refractivity contribution < 1.29 is 13.9 Å². The zero-order chi connectivity index (χ0) is 12.6. The zero-order valence-corrected chi connectivity index (χ0v) is 10.3. The van der Waals surface area contributed by atoms with E-state index in [0.717, 1.165) is 0 Å². The molecule has 0 bridgehead atoms. The van der Waals surface area contributed by atoms with Crippen molar-refractivity contribution in [3.05, 3.63) is 29.6 Å². The van der Waals surface area contributed by atoms with Gasteiger partial charge in [0, 0.05) is 12.1 Å². The molecule has 0 spiro atoms. The van der Waals surface area contributed by atoms with E-state index in [9.17, 15) is 9.18 Å². The van der Waals surface area contributed by atoms with Crippen molar-refractivity contribution in [2.24, 2.45) is 0 Å². The number of alkyl halides is 1. The van der Waals surface area contributed by atoms with Crippen LogP contribution in [-0.2, 0) is 4.74 Å². The van der Waals surface area contributed by atoms with Crippen LogP contribution in [0.4, 0.5) is 14.9 Å². The number of halogens is 2. The molecule has 0 fully saturated rings. The molecule has 0 aliphatic carbocycles. The fourth-order valence-corrected chi connectivity index (χ4v) is 1.01. The predicted molar refractivity (Wildman–Crippen MR) is 63.6 cm³/mol. The number of rotatable bonds is 2. The predicted octanol–water partition coefficient (Wildman–Crippen LogP) is 3.56. The standard InChI is InChI=1S/C10H12FNO2.CH3Cl/c1-3-14-10(13)12-8-4-5-9(11)7(2)6-8;1-2/h4-6H,3H2,1-2H3,(H,12,13);1H3. The van der Waals surface area contributed by atoms with Gasteiger partial charge in [-0.1, -0.05) is 0 Å². The van der Waals surface area contributed by atoms with Gasteiger partial charge in [-0.15, -0.1) is 11.6 Å². The Hall–Kier alpha value is -1.29. The van der Waals surface area contributed by atoms with E-state index in [0.29, 0.717) is 17.9 Å². The van der Waals surface area contributed by atoms with Crippen LogP contribution in [-0.4, -0.2) is 19.1 Å². The first kappa shape index (κ1) is 14.7. The second kappa shape index (κ2) is 7.93. The molecule has 0 radical (unpaired) electrons. The fraction of sp³-hybridized carbons (Fsp3) is 0.364. The Labute approximate surface area is 99.6 Å². The van der Waals surface area contributed by atoms with E-state index in [-0.39, 0.29) is 5.82 Å². The van der Waals surface area contributed by atoms with E-state index in [2.05, 4.69) is 21.7 Å². The summed E-state index contributed by atoms with van der Waals surface area (Å²) in [5, 5.41) is 2.48. The van der Waals surface area contributed by atoms with Gasteiger partial charge in [0.1, 0.15) is 5.82 Å². The van der Waals surface area contributed by atoms with Gasteiger partial charge in [-0.3, -0.25) is 5.32 Å². The molecule has 0 unspecified atom stereocenters. The third-order valence-electron chi connectivity index (χ3n) is 1.68. The van der Waals surface area contributed by atoms with Gasteiger partial charge in [0.2, 0.25) is 0 Å². The molecule has 1 aromatic rings. The first-order chi connectivity index (χ1) is 7.63. The summed E-state index contributed by atoms with van der Waals surface area (Å²) in [4.78, 5) is 11.0. The average molecular weight is 248 g/mol. The Kier molecular flexibility index (Phi) is 7.29. The van der Waals surface area contributed by atoms with Gasteiger partial charge in [-0.25, -0.2) is 9.18 Å². The number of hydrogen-bond acceptors (Lipinski definition) is 2. The van der Waals surface area contributed by atoms with Gasteiger partial charge in [0.15, 0.2) is 0 Å². The Balaban J connectivity index is 0.00000106. The van der Waals surface area contributed by atoms with Gasteiger partial charge in [-0.2, -0.15) is 0 Å². The molecule has 16 heavy (non-hydrogen) atoms. The zero-order valence-electron chi connectivity index (χ0n) is 9.51. The maximum atomic E-state index is 12.8. The van der Waals surface area contributed by atoms with Gasteiger partial charge in [0.25, 0.3) is 0 Å². The molecule has 0 aliphatic heterocycles. The molecule has 0 aromatic heterocycles. The summed E-state index contributed by atoms with van der Waals surface area (Å²) in [6, 6.07) is 4.34. The SMILES string of the molecule is CCOC(=O)Nc1ccc(F)c(C)c1.CCl. The average Bonchev–Trinajstić information content (AvgIpc) is 2.27. The summed E-state index contributed by atoms with van der Waals surface area (Å²) < 4.78 is 17.5. The number of ether oxygens (including phenoxy) is 1. The number of amides is 1. The lowest BCUT2D eigenvalue weighted by molar-refractivity contribution is 0.168. The maximum absolute atomic E-state index is 12.8. The Morgan fingerprint density at radius 1 is 1.50 bits per heavy atom. The highest BCUT2D eigenvalue weighted by Crippen LogP contribution is 2.13. The summed E-state index contributed by atoms with van der Waals surface area (Å²) in [6.07, 6.45) is 0.943. The number of hydrogen-bond donors (Lipinski definition) is 1. The van der Waals surface area contributed by atoms with Crippen molar-refractivity contribution >= 4 is 23.4 Å². The van der Waals surface area contributed by atoms with Crippen molar-refractivity contribution in [3.8, 4) is 0 Å². The molecule has 0 atom stereocenters. The van der Waals surface area contributed by atoms with Crippen LogP contribution in [0.15, 0.2) is 18.2 Å². The van der Waals surface area contributed by atoms with Crippen molar-refractivity contribution in [2.45, 2.75) is 13.8 Å². The summed E-state index contributed by atoms with van der Waals surface area (Å²) in [7, 11) is 0. The van der Waals surface area contributed by atoms with Gasteiger partial charge >= 0.3 is 6.09 Å². The van der Waals surface area contributed by atoms with Crippen LogP contribution in [0, 0.1) is 12.7 Å². The lowest BCUT2D eigenvalue weighted by Crippen LogP contribution is -2.13. The summed E-state index contributed by atoms with van der Waals surface area (Å²) in [6.45, 7) is 3.66. The Morgan fingerprint density at radius 2 is 2.12 bits per heavy atom. The molecule has 0 saturated carbocycles. The van der Waals surface area contributed by atoms with E-state index in [1.807, 2.05) is 0 Å². The topological polar surface area (TPSA) is 38.3 Å². The van der Waals surface area contributed by atoms with Crippen LogP contribution in [0.3, 0.4) is 0 Å². The molecule has 90 valence electrons. The molecule has 0 saturated heterocycles. The molecular formula is C11H15ClFNO2. The van der Waals surface area contributed by atoms with Crippen LogP contribution < -0.4 is 5.32 Å².